The number of pyridine rings is 1. The Morgan fingerprint density at radius 3 is 2.82 bits per heavy atom. The molecule has 0 fully saturated rings. The second-order valence-corrected chi connectivity index (χ2v) is 4.15. The molecule has 0 bridgehead atoms. The lowest BCUT2D eigenvalue weighted by molar-refractivity contribution is 0.692. The smallest absolute Gasteiger partial charge is 0.126 e. The van der Waals surface area contributed by atoms with Crippen LogP contribution >= 0.6 is 0 Å². The first kappa shape index (κ1) is 11.6. The standard InChI is InChI=1S/C13H18N4/c1-3-11-9-12(17(2)16-11)7-6-10-5-4-8-15-13(10)14/h4-5,8-9H,3,6-7H2,1-2H3,(H2,14,15). The van der Waals surface area contributed by atoms with Crippen LogP contribution in [0, 0.1) is 0 Å². The first-order valence-electron chi connectivity index (χ1n) is 5.92. The predicted molar refractivity (Wildman–Crippen MR) is 68.6 cm³/mol. The second-order valence-electron chi connectivity index (χ2n) is 4.15. The lowest BCUT2D eigenvalue weighted by atomic mass is 10.1. The molecular formula is C13H18N4. The summed E-state index contributed by atoms with van der Waals surface area (Å²) in [5.74, 6) is 0.630. The largest absolute Gasteiger partial charge is 0.383 e. The Kier molecular flexibility index (Phi) is 3.42. The maximum absolute atomic E-state index is 5.82. The maximum atomic E-state index is 5.82. The van der Waals surface area contributed by atoms with Gasteiger partial charge in [-0.15, -0.1) is 0 Å². The van der Waals surface area contributed by atoms with E-state index < -0.39 is 0 Å². The van der Waals surface area contributed by atoms with Gasteiger partial charge in [-0.2, -0.15) is 5.10 Å². The van der Waals surface area contributed by atoms with Crippen LogP contribution in [0.2, 0.25) is 0 Å². The first-order valence-corrected chi connectivity index (χ1v) is 5.92. The fourth-order valence-electron chi connectivity index (χ4n) is 1.90. The maximum Gasteiger partial charge on any atom is 0.126 e. The van der Waals surface area contributed by atoms with Gasteiger partial charge in [-0.3, -0.25) is 4.68 Å². The van der Waals surface area contributed by atoms with Crippen molar-refractivity contribution in [3.8, 4) is 0 Å². The second kappa shape index (κ2) is 4.99. The summed E-state index contributed by atoms with van der Waals surface area (Å²) >= 11 is 0. The van der Waals surface area contributed by atoms with Gasteiger partial charge in [0.05, 0.1) is 5.69 Å². The Hall–Kier alpha value is -1.84. The molecule has 0 spiro atoms. The fourth-order valence-corrected chi connectivity index (χ4v) is 1.90. The minimum Gasteiger partial charge on any atom is -0.383 e. The van der Waals surface area contributed by atoms with Gasteiger partial charge in [0.1, 0.15) is 5.82 Å². The molecule has 0 aliphatic heterocycles. The molecule has 0 radical (unpaired) electrons. The summed E-state index contributed by atoms with van der Waals surface area (Å²) in [4.78, 5) is 4.09. The average molecular weight is 230 g/mol. The summed E-state index contributed by atoms with van der Waals surface area (Å²) in [6, 6.07) is 6.11. The third-order valence-corrected chi connectivity index (χ3v) is 2.97. The summed E-state index contributed by atoms with van der Waals surface area (Å²) in [6.45, 7) is 2.12. The Bertz CT molecular complexity index is 502. The van der Waals surface area contributed by atoms with Crippen LogP contribution in [-0.4, -0.2) is 14.8 Å². The van der Waals surface area contributed by atoms with E-state index in [0.29, 0.717) is 5.82 Å². The fraction of sp³-hybridized carbons (Fsp3) is 0.385. The van der Waals surface area contributed by atoms with Gasteiger partial charge >= 0.3 is 0 Å². The Labute approximate surface area is 101 Å². The van der Waals surface area contributed by atoms with Gasteiger partial charge in [0.25, 0.3) is 0 Å². The number of nitrogen functional groups attached to an aromatic ring is 1. The summed E-state index contributed by atoms with van der Waals surface area (Å²) in [5.41, 5.74) is 9.31. The van der Waals surface area contributed by atoms with Crippen LogP contribution in [0.15, 0.2) is 24.4 Å². The highest BCUT2D eigenvalue weighted by Gasteiger charge is 2.05. The Morgan fingerprint density at radius 2 is 2.18 bits per heavy atom. The number of aryl methyl sites for hydroxylation is 4. The van der Waals surface area contributed by atoms with E-state index in [4.69, 9.17) is 5.73 Å². The molecule has 2 aromatic rings. The van der Waals surface area contributed by atoms with E-state index in [1.165, 1.54) is 5.69 Å². The number of hydrogen-bond donors (Lipinski definition) is 1. The van der Waals surface area contributed by atoms with Crippen molar-refractivity contribution >= 4 is 5.82 Å². The lowest BCUT2D eigenvalue weighted by Crippen LogP contribution is -2.03. The third kappa shape index (κ3) is 2.64. The monoisotopic (exact) mass is 230 g/mol. The van der Waals surface area contributed by atoms with Crippen LogP contribution in [0.1, 0.15) is 23.9 Å². The van der Waals surface area contributed by atoms with Crippen LogP contribution in [-0.2, 0) is 26.3 Å². The molecule has 0 saturated carbocycles. The summed E-state index contributed by atoms with van der Waals surface area (Å²) in [5, 5.41) is 4.43. The molecule has 0 aliphatic rings. The molecule has 0 aliphatic carbocycles. The summed E-state index contributed by atoms with van der Waals surface area (Å²) < 4.78 is 1.95. The zero-order valence-electron chi connectivity index (χ0n) is 10.3. The molecule has 0 aromatic carbocycles. The van der Waals surface area contributed by atoms with Gasteiger partial charge in [0, 0.05) is 18.9 Å². The summed E-state index contributed by atoms with van der Waals surface area (Å²) in [7, 11) is 1.99. The molecule has 0 atom stereocenters. The topological polar surface area (TPSA) is 56.7 Å². The van der Waals surface area contributed by atoms with Crippen LogP contribution in [0.4, 0.5) is 5.82 Å². The normalized spacial score (nSPS) is 10.7. The number of nitrogens with two attached hydrogens (primary N) is 1. The number of nitrogens with zero attached hydrogens (tertiary/aromatic N) is 3. The van der Waals surface area contributed by atoms with E-state index in [9.17, 15) is 0 Å². The number of anilines is 1. The van der Waals surface area contributed by atoms with E-state index in [-0.39, 0.29) is 0 Å². The highest BCUT2D eigenvalue weighted by atomic mass is 15.3. The van der Waals surface area contributed by atoms with Crippen LogP contribution in [0.5, 0.6) is 0 Å². The van der Waals surface area contributed by atoms with Gasteiger partial charge in [0.2, 0.25) is 0 Å². The van der Waals surface area contributed by atoms with Gasteiger partial charge in [0.15, 0.2) is 0 Å². The van der Waals surface area contributed by atoms with Crippen molar-refractivity contribution in [3.63, 3.8) is 0 Å². The minimum atomic E-state index is 0.630. The SMILES string of the molecule is CCc1cc(CCc2cccnc2N)n(C)n1. The third-order valence-electron chi connectivity index (χ3n) is 2.97. The van der Waals surface area contributed by atoms with Gasteiger partial charge in [-0.1, -0.05) is 13.0 Å². The quantitative estimate of drug-likeness (QED) is 0.870. The molecule has 2 heterocycles. The van der Waals surface area contributed by atoms with Crippen molar-refractivity contribution in [3.05, 3.63) is 41.3 Å². The zero-order valence-corrected chi connectivity index (χ0v) is 10.3. The lowest BCUT2D eigenvalue weighted by Gasteiger charge is -2.04. The van der Waals surface area contributed by atoms with Crippen molar-refractivity contribution in [2.45, 2.75) is 26.2 Å². The first-order chi connectivity index (χ1) is 8.20. The molecule has 2 N–H and O–H groups in total. The molecule has 2 rings (SSSR count). The van der Waals surface area contributed by atoms with E-state index >= 15 is 0 Å². The molecule has 90 valence electrons. The van der Waals surface area contributed by atoms with Crippen molar-refractivity contribution in [2.75, 3.05) is 5.73 Å². The van der Waals surface area contributed by atoms with Crippen LogP contribution < -0.4 is 5.73 Å². The van der Waals surface area contributed by atoms with Gasteiger partial charge in [-0.25, -0.2) is 4.98 Å². The van der Waals surface area contributed by atoms with Crippen molar-refractivity contribution < 1.29 is 0 Å². The minimum absolute atomic E-state index is 0.630. The highest BCUT2D eigenvalue weighted by molar-refractivity contribution is 5.38. The van der Waals surface area contributed by atoms with Crippen molar-refractivity contribution in [1.82, 2.24) is 14.8 Å². The molecule has 0 saturated heterocycles. The molecule has 2 aromatic heterocycles. The average Bonchev–Trinajstić information content (AvgIpc) is 2.69. The summed E-state index contributed by atoms with van der Waals surface area (Å²) in [6.07, 6.45) is 4.54. The number of rotatable bonds is 4. The van der Waals surface area contributed by atoms with Crippen molar-refractivity contribution in [1.29, 1.82) is 0 Å². The van der Waals surface area contributed by atoms with E-state index in [0.717, 1.165) is 30.5 Å². The Balaban J connectivity index is 2.07. The van der Waals surface area contributed by atoms with E-state index in [2.05, 4.69) is 23.1 Å². The molecule has 0 unspecified atom stereocenters. The highest BCUT2D eigenvalue weighted by Crippen LogP contribution is 2.12. The molecule has 17 heavy (non-hydrogen) atoms. The van der Waals surface area contributed by atoms with E-state index in [1.54, 1.807) is 6.20 Å². The predicted octanol–water partition coefficient (Wildman–Crippen LogP) is 1.74. The van der Waals surface area contributed by atoms with E-state index in [1.807, 2.05) is 23.9 Å². The Morgan fingerprint density at radius 1 is 1.35 bits per heavy atom. The molecular weight excluding hydrogens is 212 g/mol. The van der Waals surface area contributed by atoms with Crippen LogP contribution in [0.25, 0.3) is 0 Å². The number of hydrogen-bond acceptors (Lipinski definition) is 3. The zero-order chi connectivity index (χ0) is 12.3. The van der Waals surface area contributed by atoms with Gasteiger partial charge < -0.3 is 5.73 Å². The van der Waals surface area contributed by atoms with Gasteiger partial charge in [-0.05, 0) is 37.0 Å². The van der Waals surface area contributed by atoms with Crippen LogP contribution in [0.3, 0.4) is 0 Å². The number of aromatic nitrogens is 3. The molecule has 4 heteroatoms. The molecule has 0 amide bonds. The molecule has 4 nitrogen and oxygen atoms in total. The van der Waals surface area contributed by atoms with Crippen molar-refractivity contribution in [2.24, 2.45) is 7.05 Å².